The molecule has 2 amide bonds. The van der Waals surface area contributed by atoms with Gasteiger partial charge >= 0.3 is 0 Å². The van der Waals surface area contributed by atoms with Gasteiger partial charge in [0, 0.05) is 19.3 Å². The number of piperazine rings is 1. The lowest BCUT2D eigenvalue weighted by molar-refractivity contribution is -0.120. The van der Waals surface area contributed by atoms with E-state index in [-0.39, 0.29) is 18.4 Å². The van der Waals surface area contributed by atoms with Crippen LogP contribution < -0.4 is 4.90 Å². The van der Waals surface area contributed by atoms with Crippen LogP contribution in [0.1, 0.15) is 28.7 Å². The van der Waals surface area contributed by atoms with E-state index in [1.54, 1.807) is 28.3 Å². The van der Waals surface area contributed by atoms with E-state index in [0.29, 0.717) is 18.0 Å². The summed E-state index contributed by atoms with van der Waals surface area (Å²) in [5.41, 5.74) is 1.49. The molecular formula is C15H17N5O2S. The molecule has 1 saturated heterocycles. The van der Waals surface area contributed by atoms with E-state index in [2.05, 4.69) is 14.6 Å². The SMILES string of the molecule is CCCc1nnsc1C(=O)N1CCN(c2cccnc2)C(=O)C1. The largest absolute Gasteiger partial charge is 0.327 e. The van der Waals surface area contributed by atoms with Crippen LogP contribution in [-0.4, -0.2) is 50.9 Å². The van der Waals surface area contributed by atoms with Crippen molar-refractivity contribution in [3.63, 3.8) is 0 Å². The summed E-state index contributed by atoms with van der Waals surface area (Å²) in [6, 6.07) is 3.63. The molecule has 3 rings (SSSR count). The Bertz CT molecular complexity index is 703. The van der Waals surface area contributed by atoms with Gasteiger partial charge in [-0.2, -0.15) is 0 Å². The summed E-state index contributed by atoms with van der Waals surface area (Å²) in [5, 5.41) is 4.02. The van der Waals surface area contributed by atoms with Gasteiger partial charge in [0.1, 0.15) is 11.4 Å². The van der Waals surface area contributed by atoms with E-state index in [0.717, 1.165) is 35.8 Å². The summed E-state index contributed by atoms with van der Waals surface area (Å²) in [4.78, 5) is 32.8. The average Bonchev–Trinajstić information content (AvgIpc) is 3.03. The molecule has 0 saturated carbocycles. The van der Waals surface area contributed by atoms with E-state index in [4.69, 9.17) is 0 Å². The molecule has 120 valence electrons. The fourth-order valence-corrected chi connectivity index (χ4v) is 3.22. The highest BCUT2D eigenvalue weighted by atomic mass is 32.1. The van der Waals surface area contributed by atoms with E-state index in [9.17, 15) is 9.59 Å². The Balaban J connectivity index is 1.71. The lowest BCUT2D eigenvalue weighted by atomic mass is 10.2. The number of anilines is 1. The molecule has 0 radical (unpaired) electrons. The Morgan fingerprint density at radius 2 is 2.26 bits per heavy atom. The number of aryl methyl sites for hydroxylation is 1. The molecule has 1 aliphatic rings. The Hall–Kier alpha value is -2.35. The van der Waals surface area contributed by atoms with Crippen molar-refractivity contribution >= 4 is 29.0 Å². The summed E-state index contributed by atoms with van der Waals surface area (Å²) in [7, 11) is 0. The van der Waals surface area contributed by atoms with Crippen molar-refractivity contribution in [2.75, 3.05) is 24.5 Å². The molecule has 3 heterocycles. The van der Waals surface area contributed by atoms with Gasteiger partial charge in [0.05, 0.1) is 17.6 Å². The van der Waals surface area contributed by atoms with E-state index >= 15 is 0 Å². The number of aromatic nitrogens is 3. The maximum atomic E-state index is 12.6. The van der Waals surface area contributed by atoms with Crippen LogP contribution in [0.15, 0.2) is 24.5 Å². The highest BCUT2D eigenvalue weighted by Gasteiger charge is 2.30. The van der Waals surface area contributed by atoms with Crippen molar-refractivity contribution in [2.45, 2.75) is 19.8 Å². The second kappa shape index (κ2) is 6.82. The summed E-state index contributed by atoms with van der Waals surface area (Å²) < 4.78 is 3.88. The summed E-state index contributed by atoms with van der Waals surface area (Å²) in [5.74, 6) is -0.255. The monoisotopic (exact) mass is 331 g/mol. The summed E-state index contributed by atoms with van der Waals surface area (Å²) in [6.45, 7) is 3.05. The normalized spacial score (nSPS) is 15.1. The molecule has 0 atom stereocenters. The van der Waals surface area contributed by atoms with Gasteiger partial charge in [-0.05, 0) is 30.1 Å². The van der Waals surface area contributed by atoms with Gasteiger partial charge in [-0.25, -0.2) is 0 Å². The van der Waals surface area contributed by atoms with Crippen molar-refractivity contribution in [3.8, 4) is 0 Å². The lowest BCUT2D eigenvalue weighted by Crippen LogP contribution is -2.52. The molecule has 0 bridgehead atoms. The highest BCUT2D eigenvalue weighted by Crippen LogP contribution is 2.19. The Morgan fingerprint density at radius 1 is 1.39 bits per heavy atom. The van der Waals surface area contributed by atoms with E-state index in [1.807, 2.05) is 13.0 Å². The molecule has 1 aliphatic heterocycles. The second-order valence-corrected chi connectivity index (χ2v) is 6.04. The van der Waals surface area contributed by atoms with Crippen LogP contribution in [0, 0.1) is 0 Å². The van der Waals surface area contributed by atoms with Gasteiger partial charge in [0.25, 0.3) is 5.91 Å². The summed E-state index contributed by atoms with van der Waals surface area (Å²) >= 11 is 1.10. The number of hydrogen-bond acceptors (Lipinski definition) is 6. The van der Waals surface area contributed by atoms with Gasteiger partial charge in [-0.1, -0.05) is 17.8 Å². The Morgan fingerprint density at radius 3 is 2.96 bits per heavy atom. The third-order valence-electron chi connectivity index (χ3n) is 3.70. The van der Waals surface area contributed by atoms with Crippen molar-refractivity contribution in [2.24, 2.45) is 0 Å². The molecule has 7 nitrogen and oxygen atoms in total. The number of rotatable bonds is 4. The topological polar surface area (TPSA) is 79.3 Å². The zero-order valence-electron chi connectivity index (χ0n) is 12.8. The molecule has 1 fully saturated rings. The number of pyridine rings is 1. The maximum Gasteiger partial charge on any atom is 0.268 e. The van der Waals surface area contributed by atoms with Gasteiger partial charge < -0.3 is 9.80 Å². The zero-order valence-corrected chi connectivity index (χ0v) is 13.6. The third kappa shape index (κ3) is 3.21. The molecule has 0 aliphatic carbocycles. The number of amides is 2. The van der Waals surface area contributed by atoms with Crippen LogP contribution in [0.3, 0.4) is 0 Å². The number of hydrogen-bond donors (Lipinski definition) is 0. The number of carbonyl (C=O) groups excluding carboxylic acids is 2. The predicted molar refractivity (Wildman–Crippen MR) is 86.4 cm³/mol. The maximum absolute atomic E-state index is 12.6. The molecule has 0 unspecified atom stereocenters. The first-order valence-corrected chi connectivity index (χ1v) is 8.29. The minimum Gasteiger partial charge on any atom is -0.327 e. The first-order valence-electron chi connectivity index (χ1n) is 7.51. The van der Waals surface area contributed by atoms with Crippen LogP contribution in [0.2, 0.25) is 0 Å². The number of carbonyl (C=O) groups is 2. The molecule has 23 heavy (non-hydrogen) atoms. The van der Waals surface area contributed by atoms with Gasteiger partial charge in [-0.15, -0.1) is 5.10 Å². The van der Waals surface area contributed by atoms with E-state index in [1.165, 1.54) is 0 Å². The zero-order chi connectivity index (χ0) is 16.2. The van der Waals surface area contributed by atoms with Crippen LogP contribution >= 0.6 is 11.5 Å². The second-order valence-electron chi connectivity index (χ2n) is 5.28. The predicted octanol–water partition coefficient (Wildman–Crippen LogP) is 1.37. The third-order valence-corrected chi connectivity index (χ3v) is 4.46. The van der Waals surface area contributed by atoms with Crippen LogP contribution in [0.4, 0.5) is 5.69 Å². The molecule has 2 aromatic rings. The molecule has 0 N–H and O–H groups in total. The fraction of sp³-hybridized carbons (Fsp3) is 0.400. The van der Waals surface area contributed by atoms with Gasteiger partial charge in [0.2, 0.25) is 5.91 Å². The van der Waals surface area contributed by atoms with Crippen molar-refractivity contribution in [3.05, 3.63) is 35.1 Å². The number of nitrogens with zero attached hydrogens (tertiary/aromatic N) is 5. The molecular weight excluding hydrogens is 314 g/mol. The Kier molecular flexibility index (Phi) is 4.61. The molecule has 0 spiro atoms. The summed E-state index contributed by atoms with van der Waals surface area (Å²) in [6.07, 6.45) is 4.95. The van der Waals surface area contributed by atoms with Crippen LogP contribution in [0.5, 0.6) is 0 Å². The van der Waals surface area contributed by atoms with Gasteiger partial charge in [0.15, 0.2) is 0 Å². The minimum absolute atomic E-state index is 0.0667. The first kappa shape index (κ1) is 15.5. The van der Waals surface area contributed by atoms with Crippen molar-refractivity contribution in [1.82, 2.24) is 19.5 Å². The molecule has 8 heteroatoms. The van der Waals surface area contributed by atoms with Crippen molar-refractivity contribution in [1.29, 1.82) is 0 Å². The fourth-order valence-electron chi connectivity index (χ4n) is 2.55. The smallest absolute Gasteiger partial charge is 0.268 e. The molecule has 2 aromatic heterocycles. The van der Waals surface area contributed by atoms with Crippen molar-refractivity contribution < 1.29 is 9.59 Å². The highest BCUT2D eigenvalue weighted by molar-refractivity contribution is 7.08. The van der Waals surface area contributed by atoms with E-state index < -0.39 is 0 Å². The lowest BCUT2D eigenvalue weighted by Gasteiger charge is -2.33. The molecule has 0 aromatic carbocycles. The van der Waals surface area contributed by atoms with Gasteiger partial charge in [-0.3, -0.25) is 14.6 Å². The Labute approximate surface area is 138 Å². The standard InChI is InChI=1S/C15H17N5O2S/c1-2-4-12-14(23-18-17-12)15(22)19-7-8-20(13(21)10-19)11-5-3-6-16-9-11/h3,5-6,9H,2,4,7-8,10H2,1H3. The quantitative estimate of drug-likeness (QED) is 0.845. The van der Waals surface area contributed by atoms with Crippen LogP contribution in [-0.2, 0) is 11.2 Å². The minimum atomic E-state index is -0.150. The first-order chi connectivity index (χ1) is 11.2. The van der Waals surface area contributed by atoms with Crippen LogP contribution in [0.25, 0.3) is 0 Å². The average molecular weight is 331 g/mol.